The van der Waals surface area contributed by atoms with E-state index in [2.05, 4.69) is 20.6 Å². The van der Waals surface area contributed by atoms with Crippen LogP contribution >= 0.6 is 0 Å². The summed E-state index contributed by atoms with van der Waals surface area (Å²) in [5.41, 5.74) is 5.96. The van der Waals surface area contributed by atoms with Crippen molar-refractivity contribution in [3.63, 3.8) is 0 Å². The van der Waals surface area contributed by atoms with Gasteiger partial charge in [0.15, 0.2) is 0 Å². The molecular weight excluding hydrogens is 212 g/mol. The van der Waals surface area contributed by atoms with Gasteiger partial charge in [0.2, 0.25) is 5.95 Å². The molecule has 0 radical (unpaired) electrons. The minimum absolute atomic E-state index is 0.390. The van der Waals surface area contributed by atoms with E-state index in [1.54, 1.807) is 0 Å². The Morgan fingerprint density at radius 2 is 1.82 bits per heavy atom. The highest BCUT2D eigenvalue weighted by Gasteiger charge is 2.24. The number of nitrogens with zero attached hydrogens (tertiary/aromatic N) is 3. The lowest BCUT2D eigenvalue weighted by atomic mass is 10.1. The first kappa shape index (κ1) is 11.1. The molecule has 0 atom stereocenters. The van der Waals surface area contributed by atoms with E-state index in [0.717, 1.165) is 25.9 Å². The molecule has 17 heavy (non-hydrogen) atoms. The minimum Gasteiger partial charge on any atom is -0.342 e. The zero-order valence-corrected chi connectivity index (χ0v) is 10.4. The van der Waals surface area contributed by atoms with E-state index < -0.39 is 0 Å². The number of hydrogen-bond donors (Lipinski definition) is 1. The minimum atomic E-state index is 0.390. The normalized spacial score (nSPS) is 23.5. The summed E-state index contributed by atoms with van der Waals surface area (Å²) in [7, 11) is 0. The summed E-state index contributed by atoms with van der Waals surface area (Å²) < 4.78 is 2.39. The fourth-order valence-electron chi connectivity index (χ4n) is 3.12. The van der Waals surface area contributed by atoms with Gasteiger partial charge in [-0.05, 0) is 25.7 Å². The zero-order valence-electron chi connectivity index (χ0n) is 10.4. The lowest BCUT2D eigenvalue weighted by molar-refractivity contribution is 0.468. The molecule has 2 aliphatic rings. The van der Waals surface area contributed by atoms with Gasteiger partial charge in [-0.2, -0.15) is 0 Å². The Morgan fingerprint density at radius 3 is 2.53 bits per heavy atom. The summed E-state index contributed by atoms with van der Waals surface area (Å²) in [6.45, 7) is 2.12. The topological polar surface area (TPSA) is 47.1 Å². The standard InChI is InChI=1S/C13H22N4/c14-11-5-8-16(9-6-11)13-15-7-10-17(13)12-3-1-2-4-12/h7,10-12H,1-6,8-9,14H2. The molecule has 94 valence electrons. The molecule has 0 aromatic carbocycles. The van der Waals surface area contributed by atoms with Gasteiger partial charge in [-0.15, -0.1) is 0 Å². The van der Waals surface area contributed by atoms with Crippen molar-refractivity contribution in [2.45, 2.75) is 50.6 Å². The molecule has 2 heterocycles. The Morgan fingerprint density at radius 1 is 1.12 bits per heavy atom. The second kappa shape index (κ2) is 4.69. The van der Waals surface area contributed by atoms with Crippen LogP contribution in [-0.2, 0) is 0 Å². The van der Waals surface area contributed by atoms with E-state index in [-0.39, 0.29) is 0 Å². The highest BCUT2D eigenvalue weighted by molar-refractivity contribution is 5.33. The van der Waals surface area contributed by atoms with E-state index in [4.69, 9.17) is 5.73 Å². The molecule has 1 saturated heterocycles. The molecule has 1 saturated carbocycles. The van der Waals surface area contributed by atoms with Crippen molar-refractivity contribution in [1.29, 1.82) is 0 Å². The molecule has 4 heteroatoms. The van der Waals surface area contributed by atoms with Gasteiger partial charge >= 0.3 is 0 Å². The third-order valence-corrected chi connectivity index (χ3v) is 4.19. The van der Waals surface area contributed by atoms with Gasteiger partial charge in [0.05, 0.1) is 0 Å². The second-order valence-corrected chi connectivity index (χ2v) is 5.40. The maximum Gasteiger partial charge on any atom is 0.205 e. The Hall–Kier alpha value is -1.03. The lowest BCUT2D eigenvalue weighted by Gasteiger charge is -2.32. The first-order valence-corrected chi connectivity index (χ1v) is 6.88. The van der Waals surface area contributed by atoms with Gasteiger partial charge in [0.25, 0.3) is 0 Å². The van der Waals surface area contributed by atoms with Gasteiger partial charge in [0.1, 0.15) is 0 Å². The summed E-state index contributed by atoms with van der Waals surface area (Å²) in [5.74, 6) is 1.17. The summed E-state index contributed by atoms with van der Waals surface area (Å²) >= 11 is 0. The van der Waals surface area contributed by atoms with Crippen molar-refractivity contribution in [1.82, 2.24) is 9.55 Å². The van der Waals surface area contributed by atoms with E-state index in [1.807, 2.05) is 6.20 Å². The molecular formula is C13H22N4. The van der Waals surface area contributed by atoms with Gasteiger partial charge in [-0.3, -0.25) is 0 Å². The van der Waals surface area contributed by atoms with E-state index in [0.29, 0.717) is 12.1 Å². The monoisotopic (exact) mass is 234 g/mol. The summed E-state index contributed by atoms with van der Waals surface area (Å²) in [4.78, 5) is 6.96. The van der Waals surface area contributed by atoms with Crippen LogP contribution in [0, 0.1) is 0 Å². The number of aromatic nitrogens is 2. The first-order chi connectivity index (χ1) is 8.34. The smallest absolute Gasteiger partial charge is 0.205 e. The number of piperidine rings is 1. The Labute approximate surface area is 103 Å². The average molecular weight is 234 g/mol. The molecule has 4 nitrogen and oxygen atoms in total. The Kier molecular flexibility index (Phi) is 3.05. The quantitative estimate of drug-likeness (QED) is 0.850. The van der Waals surface area contributed by atoms with Crippen molar-refractivity contribution in [3.05, 3.63) is 12.4 Å². The summed E-state index contributed by atoms with van der Waals surface area (Å²) in [6, 6.07) is 1.07. The number of imidazole rings is 1. The maximum atomic E-state index is 5.96. The molecule has 0 unspecified atom stereocenters. The molecule has 2 N–H and O–H groups in total. The molecule has 0 spiro atoms. The van der Waals surface area contributed by atoms with Crippen LogP contribution in [0.15, 0.2) is 12.4 Å². The van der Waals surface area contributed by atoms with Gasteiger partial charge < -0.3 is 15.2 Å². The number of anilines is 1. The second-order valence-electron chi connectivity index (χ2n) is 5.40. The third-order valence-electron chi connectivity index (χ3n) is 4.19. The molecule has 3 rings (SSSR count). The van der Waals surface area contributed by atoms with Crippen molar-refractivity contribution in [2.75, 3.05) is 18.0 Å². The van der Waals surface area contributed by atoms with Crippen LogP contribution in [0.5, 0.6) is 0 Å². The number of nitrogens with two attached hydrogens (primary N) is 1. The average Bonchev–Trinajstić information content (AvgIpc) is 3.00. The predicted octanol–water partition coefficient (Wildman–Crippen LogP) is 1.93. The van der Waals surface area contributed by atoms with Gasteiger partial charge in [-0.1, -0.05) is 12.8 Å². The van der Waals surface area contributed by atoms with Crippen molar-refractivity contribution in [3.8, 4) is 0 Å². The molecule has 1 aliphatic heterocycles. The van der Waals surface area contributed by atoms with Crippen molar-refractivity contribution >= 4 is 5.95 Å². The Balaban J connectivity index is 1.76. The van der Waals surface area contributed by atoms with Crippen LogP contribution in [0.25, 0.3) is 0 Å². The van der Waals surface area contributed by atoms with Gasteiger partial charge in [-0.25, -0.2) is 4.98 Å². The maximum absolute atomic E-state index is 5.96. The molecule has 2 fully saturated rings. The van der Waals surface area contributed by atoms with Crippen LogP contribution in [0.1, 0.15) is 44.6 Å². The fourth-order valence-corrected chi connectivity index (χ4v) is 3.12. The van der Waals surface area contributed by atoms with Crippen LogP contribution < -0.4 is 10.6 Å². The van der Waals surface area contributed by atoms with Crippen LogP contribution in [0.2, 0.25) is 0 Å². The zero-order chi connectivity index (χ0) is 11.7. The number of hydrogen-bond acceptors (Lipinski definition) is 3. The van der Waals surface area contributed by atoms with Crippen molar-refractivity contribution < 1.29 is 0 Å². The summed E-state index contributed by atoms with van der Waals surface area (Å²) in [5, 5.41) is 0. The first-order valence-electron chi connectivity index (χ1n) is 6.88. The van der Waals surface area contributed by atoms with Crippen LogP contribution in [0.4, 0.5) is 5.95 Å². The van der Waals surface area contributed by atoms with E-state index in [9.17, 15) is 0 Å². The SMILES string of the molecule is NC1CCN(c2nccn2C2CCCC2)CC1. The highest BCUT2D eigenvalue weighted by Crippen LogP contribution is 2.32. The Bertz CT molecular complexity index is 359. The highest BCUT2D eigenvalue weighted by atomic mass is 15.3. The summed E-state index contributed by atoms with van der Waals surface area (Å²) in [6.07, 6.45) is 11.7. The largest absolute Gasteiger partial charge is 0.342 e. The van der Waals surface area contributed by atoms with E-state index >= 15 is 0 Å². The molecule has 0 amide bonds. The van der Waals surface area contributed by atoms with Crippen LogP contribution in [-0.4, -0.2) is 28.7 Å². The molecule has 1 aromatic rings. The van der Waals surface area contributed by atoms with Crippen molar-refractivity contribution in [2.24, 2.45) is 5.73 Å². The van der Waals surface area contributed by atoms with Gasteiger partial charge in [0, 0.05) is 37.6 Å². The number of rotatable bonds is 2. The molecule has 0 bridgehead atoms. The van der Waals surface area contributed by atoms with Crippen LogP contribution in [0.3, 0.4) is 0 Å². The predicted molar refractivity (Wildman–Crippen MR) is 69.2 cm³/mol. The lowest BCUT2D eigenvalue weighted by Crippen LogP contribution is -2.41. The molecule has 1 aromatic heterocycles. The fraction of sp³-hybridized carbons (Fsp3) is 0.769. The third kappa shape index (κ3) is 2.18. The molecule has 1 aliphatic carbocycles. The van der Waals surface area contributed by atoms with E-state index in [1.165, 1.54) is 31.6 Å².